The first kappa shape index (κ1) is 21.4. The molecule has 0 spiro atoms. The minimum absolute atomic E-state index is 0.707. The summed E-state index contributed by atoms with van der Waals surface area (Å²) in [5, 5.41) is 1.09. The Labute approximate surface area is 150 Å². The van der Waals surface area contributed by atoms with Gasteiger partial charge in [-0.05, 0) is 19.3 Å². The summed E-state index contributed by atoms with van der Waals surface area (Å²) in [5.74, 6) is 0. The molecule has 0 aliphatic rings. The Morgan fingerprint density at radius 3 is 1.62 bits per heavy atom. The fourth-order valence-corrected chi connectivity index (χ4v) is 5.04. The summed E-state index contributed by atoms with van der Waals surface area (Å²) >= 11 is 0. The van der Waals surface area contributed by atoms with Crippen molar-refractivity contribution in [2.75, 3.05) is 19.8 Å². The summed E-state index contributed by atoms with van der Waals surface area (Å²) in [6.07, 6.45) is 9.09. The second kappa shape index (κ2) is 13.6. The van der Waals surface area contributed by atoms with Crippen LogP contribution in [0, 0.1) is 0 Å². The van der Waals surface area contributed by atoms with E-state index >= 15 is 0 Å². The summed E-state index contributed by atoms with van der Waals surface area (Å²) in [6.45, 7) is 8.72. The minimum Gasteiger partial charge on any atom is -0.370 e. The van der Waals surface area contributed by atoms with E-state index in [0.717, 1.165) is 43.9 Å². The third kappa shape index (κ3) is 7.93. The summed E-state index contributed by atoms with van der Waals surface area (Å²) in [7, 11) is -2.81. The molecule has 4 heteroatoms. The van der Waals surface area contributed by atoms with E-state index in [1.54, 1.807) is 0 Å². The van der Waals surface area contributed by atoms with Crippen LogP contribution in [-0.2, 0) is 13.3 Å². The van der Waals surface area contributed by atoms with Crippen LogP contribution in [0.4, 0.5) is 0 Å². The van der Waals surface area contributed by atoms with Crippen molar-refractivity contribution in [1.29, 1.82) is 0 Å². The molecule has 0 aromatic heterocycles. The maximum absolute atomic E-state index is 6.35. The van der Waals surface area contributed by atoms with Gasteiger partial charge in [0.1, 0.15) is 0 Å². The third-order valence-corrected chi connectivity index (χ3v) is 6.79. The van der Waals surface area contributed by atoms with Crippen LogP contribution in [0.2, 0.25) is 0 Å². The summed E-state index contributed by atoms with van der Waals surface area (Å²) in [6, 6.07) is 10.3. The van der Waals surface area contributed by atoms with Crippen LogP contribution in [0.5, 0.6) is 0 Å². The quantitative estimate of drug-likeness (QED) is 0.326. The molecule has 24 heavy (non-hydrogen) atoms. The van der Waals surface area contributed by atoms with Gasteiger partial charge < -0.3 is 13.3 Å². The van der Waals surface area contributed by atoms with Gasteiger partial charge in [0.2, 0.25) is 0 Å². The molecular weight excluding hydrogens is 316 g/mol. The maximum Gasteiger partial charge on any atom is 0.537 e. The molecule has 0 aliphatic heterocycles. The molecule has 0 heterocycles. The lowest BCUT2D eigenvalue weighted by Gasteiger charge is -2.30. The van der Waals surface area contributed by atoms with Gasteiger partial charge in [-0.2, -0.15) is 0 Å². The predicted molar refractivity (Wildman–Crippen MR) is 104 cm³/mol. The van der Waals surface area contributed by atoms with Gasteiger partial charge in [-0.3, -0.25) is 0 Å². The van der Waals surface area contributed by atoms with E-state index in [2.05, 4.69) is 32.9 Å². The molecule has 138 valence electrons. The lowest BCUT2D eigenvalue weighted by molar-refractivity contribution is 0.0696. The highest BCUT2D eigenvalue weighted by Crippen LogP contribution is 2.14. The zero-order valence-electron chi connectivity index (χ0n) is 15.9. The molecule has 1 aromatic rings. The normalized spacial score (nSPS) is 11.8. The zero-order valence-corrected chi connectivity index (χ0v) is 16.9. The molecule has 0 bridgehead atoms. The molecule has 0 fully saturated rings. The van der Waals surface area contributed by atoms with Gasteiger partial charge in [-0.15, -0.1) is 0 Å². The molecule has 0 N–H and O–H groups in total. The average molecular weight is 353 g/mol. The van der Waals surface area contributed by atoms with Crippen LogP contribution in [-0.4, -0.2) is 28.6 Å². The molecule has 0 amide bonds. The smallest absolute Gasteiger partial charge is 0.370 e. The van der Waals surface area contributed by atoms with Gasteiger partial charge in [0.25, 0.3) is 0 Å². The Morgan fingerprint density at radius 1 is 0.625 bits per heavy atom. The lowest BCUT2D eigenvalue weighted by Crippen LogP contribution is -2.57. The molecule has 0 atom stereocenters. The van der Waals surface area contributed by atoms with Crippen LogP contribution in [0.3, 0.4) is 0 Å². The number of hydrogen-bond acceptors (Lipinski definition) is 3. The van der Waals surface area contributed by atoms with Gasteiger partial charge in [-0.1, -0.05) is 83.2 Å². The van der Waals surface area contributed by atoms with Gasteiger partial charge in [0.15, 0.2) is 0 Å². The molecule has 3 nitrogen and oxygen atoms in total. The Bertz CT molecular complexity index is 387. The van der Waals surface area contributed by atoms with Crippen LogP contribution >= 0.6 is 0 Å². The van der Waals surface area contributed by atoms with E-state index < -0.39 is 8.80 Å². The third-order valence-electron chi connectivity index (χ3n) is 4.00. The highest BCUT2D eigenvalue weighted by atomic mass is 28.4. The lowest BCUT2D eigenvalue weighted by atomic mass is 10.2. The molecule has 1 aromatic carbocycles. The van der Waals surface area contributed by atoms with Crippen LogP contribution < -0.4 is 5.19 Å². The molecule has 1 rings (SSSR count). The summed E-state index contributed by atoms with van der Waals surface area (Å²) < 4.78 is 19.0. The first-order chi connectivity index (χ1) is 11.8. The van der Waals surface area contributed by atoms with Crippen molar-refractivity contribution < 1.29 is 13.3 Å². The standard InChI is InChI=1S/C20H36O3Si/c1-4-7-10-14-19-23-24(21-17-8-5-2,22-18-9-6-3)20-15-12-11-13-16-20/h11-13,15-16H,4-10,14,17-19H2,1-3H3. The number of unbranched alkanes of at least 4 members (excludes halogenated alkanes) is 5. The van der Waals surface area contributed by atoms with Gasteiger partial charge in [0.05, 0.1) is 0 Å². The van der Waals surface area contributed by atoms with E-state index in [1.165, 1.54) is 19.3 Å². The molecule has 0 radical (unpaired) electrons. The Kier molecular flexibility index (Phi) is 12.1. The number of benzene rings is 1. The molecule has 0 saturated heterocycles. The van der Waals surface area contributed by atoms with Crippen molar-refractivity contribution in [2.24, 2.45) is 0 Å². The first-order valence-corrected chi connectivity index (χ1v) is 11.5. The minimum atomic E-state index is -2.81. The van der Waals surface area contributed by atoms with Gasteiger partial charge >= 0.3 is 8.80 Å². The van der Waals surface area contributed by atoms with E-state index in [0.29, 0.717) is 13.2 Å². The van der Waals surface area contributed by atoms with Crippen molar-refractivity contribution in [3.8, 4) is 0 Å². The Morgan fingerprint density at radius 2 is 1.12 bits per heavy atom. The highest BCUT2D eigenvalue weighted by Gasteiger charge is 2.43. The monoisotopic (exact) mass is 352 g/mol. The van der Waals surface area contributed by atoms with Crippen molar-refractivity contribution in [3.63, 3.8) is 0 Å². The van der Waals surface area contributed by atoms with E-state index in [9.17, 15) is 0 Å². The SMILES string of the molecule is CCCCCCO[Si](OCCCC)(OCCCC)c1ccccc1. The van der Waals surface area contributed by atoms with Crippen LogP contribution in [0.25, 0.3) is 0 Å². The van der Waals surface area contributed by atoms with Crippen LogP contribution in [0.1, 0.15) is 72.1 Å². The summed E-state index contributed by atoms with van der Waals surface area (Å²) in [5.41, 5.74) is 0. The largest absolute Gasteiger partial charge is 0.537 e. The fourth-order valence-electron chi connectivity index (χ4n) is 2.45. The first-order valence-electron chi connectivity index (χ1n) is 9.76. The number of hydrogen-bond donors (Lipinski definition) is 0. The fraction of sp³-hybridized carbons (Fsp3) is 0.700. The summed E-state index contributed by atoms with van der Waals surface area (Å²) in [4.78, 5) is 0. The van der Waals surface area contributed by atoms with Crippen LogP contribution in [0.15, 0.2) is 30.3 Å². The topological polar surface area (TPSA) is 27.7 Å². The second-order valence-corrected chi connectivity index (χ2v) is 8.79. The molecule has 0 unspecified atom stereocenters. The van der Waals surface area contributed by atoms with Gasteiger partial charge in [-0.25, -0.2) is 0 Å². The highest BCUT2D eigenvalue weighted by molar-refractivity contribution is 6.75. The maximum atomic E-state index is 6.35. The van der Waals surface area contributed by atoms with Crippen molar-refractivity contribution in [1.82, 2.24) is 0 Å². The molecular formula is C20H36O3Si. The zero-order chi connectivity index (χ0) is 17.5. The molecule has 0 saturated carbocycles. The Hall–Kier alpha value is -0.683. The Balaban J connectivity index is 2.80. The van der Waals surface area contributed by atoms with Crippen molar-refractivity contribution in [2.45, 2.75) is 72.1 Å². The van der Waals surface area contributed by atoms with E-state index in [4.69, 9.17) is 13.3 Å². The van der Waals surface area contributed by atoms with Gasteiger partial charge in [0, 0.05) is 25.0 Å². The second-order valence-electron chi connectivity index (χ2n) is 6.24. The molecule has 0 aliphatic carbocycles. The predicted octanol–water partition coefficient (Wildman–Crippen LogP) is 5.06. The average Bonchev–Trinajstić information content (AvgIpc) is 2.62. The van der Waals surface area contributed by atoms with E-state index in [-0.39, 0.29) is 0 Å². The van der Waals surface area contributed by atoms with Crippen molar-refractivity contribution >= 4 is 14.0 Å². The van der Waals surface area contributed by atoms with Crippen molar-refractivity contribution in [3.05, 3.63) is 30.3 Å². The number of rotatable bonds is 15. The van der Waals surface area contributed by atoms with E-state index in [1.807, 2.05) is 18.2 Å².